The van der Waals surface area contributed by atoms with Crippen molar-refractivity contribution < 1.29 is 9.53 Å². The van der Waals surface area contributed by atoms with E-state index >= 15 is 0 Å². The fraction of sp³-hybridized carbons (Fsp3) is 0.286. The summed E-state index contributed by atoms with van der Waals surface area (Å²) in [6.45, 7) is 0.943. The zero-order chi connectivity index (χ0) is 18.5. The number of carbonyl (C=O) groups excluding carboxylic acids is 1. The van der Waals surface area contributed by atoms with E-state index in [2.05, 4.69) is 27.4 Å². The summed E-state index contributed by atoms with van der Waals surface area (Å²) in [5.74, 6) is 0.834. The van der Waals surface area contributed by atoms with Gasteiger partial charge in [-0.25, -0.2) is 4.98 Å². The first-order valence-electron chi connectivity index (χ1n) is 9.14. The SMILES string of the molecule is O=C(Cc1csc(-c2cccnc2)n1)NCCOc1ccc2c(c1)CCC2. The van der Waals surface area contributed by atoms with Crippen LogP contribution < -0.4 is 10.1 Å². The van der Waals surface area contributed by atoms with Gasteiger partial charge in [-0.3, -0.25) is 9.78 Å². The van der Waals surface area contributed by atoms with E-state index in [9.17, 15) is 4.79 Å². The molecule has 1 aromatic carbocycles. The molecule has 1 aliphatic rings. The van der Waals surface area contributed by atoms with Gasteiger partial charge < -0.3 is 10.1 Å². The third kappa shape index (κ3) is 4.52. The van der Waals surface area contributed by atoms with Crippen molar-refractivity contribution in [3.63, 3.8) is 0 Å². The Bertz CT molecular complexity index is 924. The van der Waals surface area contributed by atoms with Gasteiger partial charge in [0.15, 0.2) is 0 Å². The fourth-order valence-corrected chi connectivity index (χ4v) is 4.04. The third-order valence-electron chi connectivity index (χ3n) is 4.56. The quantitative estimate of drug-likeness (QED) is 0.639. The van der Waals surface area contributed by atoms with Crippen LogP contribution in [0, 0.1) is 0 Å². The number of amides is 1. The minimum Gasteiger partial charge on any atom is -0.492 e. The summed E-state index contributed by atoms with van der Waals surface area (Å²) in [4.78, 5) is 20.7. The molecule has 0 saturated carbocycles. The van der Waals surface area contributed by atoms with Gasteiger partial charge in [-0.15, -0.1) is 11.3 Å². The van der Waals surface area contributed by atoms with Crippen LogP contribution in [-0.4, -0.2) is 29.0 Å². The van der Waals surface area contributed by atoms with E-state index in [1.165, 1.54) is 35.3 Å². The number of hydrogen-bond acceptors (Lipinski definition) is 5. The number of carbonyl (C=O) groups is 1. The Morgan fingerprint density at radius 3 is 3.04 bits per heavy atom. The monoisotopic (exact) mass is 379 g/mol. The van der Waals surface area contributed by atoms with Crippen LogP contribution in [0.4, 0.5) is 0 Å². The Balaban J connectivity index is 1.22. The molecule has 5 nitrogen and oxygen atoms in total. The number of ether oxygens (including phenoxy) is 1. The van der Waals surface area contributed by atoms with Crippen molar-refractivity contribution in [3.05, 3.63) is 64.9 Å². The Hall–Kier alpha value is -2.73. The zero-order valence-corrected chi connectivity index (χ0v) is 15.8. The average Bonchev–Trinajstić information content (AvgIpc) is 3.35. The lowest BCUT2D eigenvalue weighted by Crippen LogP contribution is -2.29. The first-order chi connectivity index (χ1) is 13.3. The van der Waals surface area contributed by atoms with Crippen LogP contribution in [0.2, 0.25) is 0 Å². The van der Waals surface area contributed by atoms with Crippen LogP contribution in [0.15, 0.2) is 48.1 Å². The largest absolute Gasteiger partial charge is 0.492 e. The smallest absolute Gasteiger partial charge is 0.226 e. The molecule has 1 amide bonds. The lowest BCUT2D eigenvalue weighted by atomic mass is 10.1. The number of aromatic nitrogens is 2. The average molecular weight is 379 g/mol. The maximum atomic E-state index is 12.1. The Labute approximate surface area is 162 Å². The molecule has 0 bridgehead atoms. The summed E-state index contributed by atoms with van der Waals surface area (Å²) in [7, 11) is 0. The summed E-state index contributed by atoms with van der Waals surface area (Å²) < 4.78 is 5.76. The standard InChI is InChI=1S/C21H21N3O2S/c25-20(12-18-14-27-21(24-18)17-5-2-8-22-13-17)23-9-10-26-19-7-6-15-3-1-4-16(15)11-19/h2,5-8,11,13-14H,1,3-4,9-10,12H2,(H,23,25). The van der Waals surface area contributed by atoms with Crippen molar-refractivity contribution in [3.8, 4) is 16.3 Å². The molecular weight excluding hydrogens is 358 g/mol. The molecule has 0 aliphatic heterocycles. The van der Waals surface area contributed by atoms with Crippen molar-refractivity contribution in [2.24, 2.45) is 0 Å². The van der Waals surface area contributed by atoms with Gasteiger partial charge in [-0.1, -0.05) is 6.07 Å². The second-order valence-electron chi connectivity index (χ2n) is 6.54. The highest BCUT2D eigenvalue weighted by Crippen LogP contribution is 2.26. The normalized spacial score (nSPS) is 12.6. The highest BCUT2D eigenvalue weighted by atomic mass is 32.1. The lowest BCUT2D eigenvalue weighted by molar-refractivity contribution is -0.120. The summed E-state index contributed by atoms with van der Waals surface area (Å²) in [5, 5.41) is 5.69. The number of rotatable bonds is 7. The number of hydrogen-bond donors (Lipinski definition) is 1. The molecule has 0 atom stereocenters. The summed E-state index contributed by atoms with van der Waals surface area (Å²) >= 11 is 1.52. The predicted octanol–water partition coefficient (Wildman–Crippen LogP) is 3.43. The van der Waals surface area contributed by atoms with Crippen LogP contribution >= 0.6 is 11.3 Å². The predicted molar refractivity (Wildman–Crippen MR) is 106 cm³/mol. The van der Waals surface area contributed by atoms with Gasteiger partial charge in [0.05, 0.1) is 18.7 Å². The van der Waals surface area contributed by atoms with E-state index in [0.717, 1.165) is 28.4 Å². The third-order valence-corrected chi connectivity index (χ3v) is 5.51. The zero-order valence-electron chi connectivity index (χ0n) is 15.0. The van der Waals surface area contributed by atoms with Crippen LogP contribution in [0.3, 0.4) is 0 Å². The van der Waals surface area contributed by atoms with E-state index in [1.807, 2.05) is 23.6 Å². The molecule has 1 aliphatic carbocycles. The molecule has 4 rings (SSSR count). The maximum Gasteiger partial charge on any atom is 0.226 e. The molecule has 27 heavy (non-hydrogen) atoms. The molecule has 138 valence electrons. The van der Waals surface area contributed by atoms with Crippen molar-refractivity contribution in [1.29, 1.82) is 0 Å². The van der Waals surface area contributed by atoms with E-state index in [4.69, 9.17) is 4.74 Å². The van der Waals surface area contributed by atoms with Gasteiger partial charge >= 0.3 is 0 Å². The molecule has 1 N–H and O–H groups in total. The molecule has 0 unspecified atom stereocenters. The molecule has 3 aromatic rings. The minimum atomic E-state index is -0.0457. The Morgan fingerprint density at radius 1 is 1.22 bits per heavy atom. The van der Waals surface area contributed by atoms with Crippen LogP contribution in [0.1, 0.15) is 23.2 Å². The van der Waals surface area contributed by atoms with Crippen molar-refractivity contribution >= 4 is 17.2 Å². The number of nitrogens with one attached hydrogen (secondary N) is 1. The lowest BCUT2D eigenvalue weighted by Gasteiger charge is -2.09. The minimum absolute atomic E-state index is 0.0457. The van der Waals surface area contributed by atoms with Gasteiger partial charge in [0.25, 0.3) is 0 Å². The van der Waals surface area contributed by atoms with E-state index < -0.39 is 0 Å². The van der Waals surface area contributed by atoms with E-state index in [-0.39, 0.29) is 12.3 Å². The summed E-state index contributed by atoms with van der Waals surface area (Å²) in [6.07, 6.45) is 7.32. The highest BCUT2D eigenvalue weighted by Gasteiger charge is 2.11. The van der Waals surface area contributed by atoms with Crippen LogP contribution in [0.25, 0.3) is 10.6 Å². The van der Waals surface area contributed by atoms with Gasteiger partial charge in [-0.05, 0) is 54.7 Å². The maximum absolute atomic E-state index is 12.1. The number of thiazole rings is 1. The van der Waals surface area contributed by atoms with Gasteiger partial charge in [0, 0.05) is 23.3 Å². The fourth-order valence-electron chi connectivity index (χ4n) is 3.23. The Morgan fingerprint density at radius 2 is 2.15 bits per heavy atom. The van der Waals surface area contributed by atoms with E-state index in [0.29, 0.717) is 13.2 Å². The number of fused-ring (bicyclic) bond motifs is 1. The summed E-state index contributed by atoms with van der Waals surface area (Å²) in [6, 6.07) is 10.1. The number of nitrogens with zero attached hydrogens (tertiary/aromatic N) is 2. The Kier molecular flexibility index (Phi) is 5.44. The second-order valence-corrected chi connectivity index (χ2v) is 7.40. The molecule has 0 fully saturated rings. The summed E-state index contributed by atoms with van der Waals surface area (Å²) in [5.41, 5.74) is 4.57. The molecule has 2 aromatic heterocycles. The van der Waals surface area contributed by atoms with Gasteiger partial charge in [-0.2, -0.15) is 0 Å². The molecule has 2 heterocycles. The van der Waals surface area contributed by atoms with E-state index in [1.54, 1.807) is 12.4 Å². The molecule has 6 heteroatoms. The van der Waals surface area contributed by atoms with Gasteiger partial charge in [0.2, 0.25) is 5.91 Å². The van der Waals surface area contributed by atoms with Crippen LogP contribution in [-0.2, 0) is 24.1 Å². The van der Waals surface area contributed by atoms with Crippen molar-refractivity contribution in [1.82, 2.24) is 15.3 Å². The molecule has 0 saturated heterocycles. The van der Waals surface area contributed by atoms with Crippen molar-refractivity contribution in [2.45, 2.75) is 25.7 Å². The molecule has 0 radical (unpaired) electrons. The first-order valence-corrected chi connectivity index (χ1v) is 10.0. The number of pyridine rings is 1. The van der Waals surface area contributed by atoms with Crippen molar-refractivity contribution in [2.75, 3.05) is 13.2 Å². The molecular formula is C21H21N3O2S. The second kappa shape index (κ2) is 8.31. The number of benzene rings is 1. The van der Waals surface area contributed by atoms with Gasteiger partial charge in [0.1, 0.15) is 17.4 Å². The topological polar surface area (TPSA) is 64.1 Å². The highest BCUT2D eigenvalue weighted by molar-refractivity contribution is 7.13. The van der Waals surface area contributed by atoms with Crippen LogP contribution in [0.5, 0.6) is 5.75 Å². The first kappa shape index (κ1) is 17.7. The molecule has 0 spiro atoms. The number of aryl methyl sites for hydroxylation is 2.